The molecule has 1 heterocycles. The average molecular weight is 263 g/mol. The lowest BCUT2D eigenvalue weighted by molar-refractivity contribution is -0.166. The summed E-state index contributed by atoms with van der Waals surface area (Å²) in [6.45, 7) is 1.44. The molecule has 17 heavy (non-hydrogen) atoms. The van der Waals surface area contributed by atoms with Gasteiger partial charge in [0.2, 0.25) is 0 Å². The van der Waals surface area contributed by atoms with E-state index in [-0.39, 0.29) is 27.7 Å². The minimum absolute atomic E-state index is 0.146. The first kappa shape index (κ1) is 12.2. The number of hydrogen-bond acceptors (Lipinski definition) is 2. The largest absolute Gasteiger partial charge is 0.417 e. The summed E-state index contributed by atoms with van der Waals surface area (Å²) in [7, 11) is 0. The average Bonchev–Trinajstić information content (AvgIpc) is 2.64. The molecule has 92 valence electrons. The second-order valence-corrected chi connectivity index (χ2v) is 4.33. The standard InChI is InChI=1S/C11H10ClF3N2/c1-2-10(11(13,14)15)5-6-8(17-10)4-3-7(12)9(6)16/h3-5H,2,16H2,1H3. The Morgan fingerprint density at radius 2 is 2.06 bits per heavy atom. The molecule has 1 aromatic carbocycles. The number of nitrogen functional groups attached to an aromatic ring is 1. The first-order valence-corrected chi connectivity index (χ1v) is 5.42. The molecule has 0 saturated carbocycles. The summed E-state index contributed by atoms with van der Waals surface area (Å²) >= 11 is 5.77. The second kappa shape index (κ2) is 3.63. The van der Waals surface area contributed by atoms with Crippen LogP contribution in [0.2, 0.25) is 5.02 Å². The Hall–Kier alpha value is -1.23. The molecule has 0 aliphatic carbocycles. The van der Waals surface area contributed by atoms with Crippen LogP contribution in [-0.2, 0) is 0 Å². The topological polar surface area (TPSA) is 38.4 Å². The van der Waals surface area contributed by atoms with Crippen molar-refractivity contribution in [2.24, 2.45) is 4.99 Å². The van der Waals surface area contributed by atoms with Crippen LogP contribution in [0, 0.1) is 0 Å². The third-order valence-corrected chi connectivity index (χ3v) is 3.27. The highest BCUT2D eigenvalue weighted by Crippen LogP contribution is 2.38. The molecule has 1 atom stereocenters. The number of benzene rings is 1. The van der Waals surface area contributed by atoms with Crippen molar-refractivity contribution in [2.75, 3.05) is 5.73 Å². The molecule has 1 unspecified atom stereocenters. The zero-order valence-electron chi connectivity index (χ0n) is 8.98. The molecule has 0 radical (unpaired) electrons. The molecule has 0 amide bonds. The molecule has 1 aliphatic rings. The van der Waals surface area contributed by atoms with Gasteiger partial charge in [-0.05, 0) is 24.6 Å². The Labute approximate surface area is 101 Å². The van der Waals surface area contributed by atoms with Crippen molar-refractivity contribution in [2.45, 2.75) is 25.1 Å². The molecule has 0 bridgehead atoms. The Kier molecular flexibility index (Phi) is 2.61. The molecule has 0 saturated heterocycles. The van der Waals surface area contributed by atoms with Crippen LogP contribution in [0.5, 0.6) is 0 Å². The number of hydrogen-bond donors (Lipinski definition) is 1. The first-order chi connectivity index (χ1) is 7.81. The molecule has 2 N–H and O–H groups in total. The summed E-state index contributed by atoms with van der Waals surface area (Å²) < 4.78 is 39.0. The van der Waals surface area contributed by atoms with Crippen molar-refractivity contribution in [3.05, 3.63) is 27.7 Å². The Morgan fingerprint density at radius 3 is 2.59 bits per heavy atom. The second-order valence-electron chi connectivity index (χ2n) is 3.93. The Bertz CT molecular complexity index is 580. The third-order valence-electron chi connectivity index (χ3n) is 2.94. The molecule has 2 rings (SSSR count). The van der Waals surface area contributed by atoms with Crippen LogP contribution in [0.3, 0.4) is 0 Å². The van der Waals surface area contributed by atoms with E-state index < -0.39 is 11.7 Å². The predicted octanol–water partition coefficient (Wildman–Crippen LogP) is 2.05. The van der Waals surface area contributed by atoms with Crippen molar-refractivity contribution < 1.29 is 13.2 Å². The lowest BCUT2D eigenvalue weighted by Gasteiger charge is -2.25. The number of rotatable bonds is 1. The summed E-state index contributed by atoms with van der Waals surface area (Å²) in [4.78, 5) is 3.76. The summed E-state index contributed by atoms with van der Waals surface area (Å²) in [6, 6.07) is 2.91. The van der Waals surface area contributed by atoms with Crippen molar-refractivity contribution in [1.29, 1.82) is 0 Å². The van der Waals surface area contributed by atoms with Crippen molar-refractivity contribution in [3.8, 4) is 0 Å². The van der Waals surface area contributed by atoms with Crippen molar-refractivity contribution in [1.82, 2.24) is 0 Å². The maximum Gasteiger partial charge on any atom is 0.417 e. The first-order valence-electron chi connectivity index (χ1n) is 5.04. The highest BCUT2D eigenvalue weighted by molar-refractivity contribution is 6.33. The molecule has 6 heteroatoms. The van der Waals surface area contributed by atoms with Gasteiger partial charge >= 0.3 is 6.18 Å². The molecular formula is C11H10ClF3N2. The maximum absolute atomic E-state index is 13.0. The minimum atomic E-state index is -4.43. The third kappa shape index (κ3) is 1.69. The van der Waals surface area contributed by atoms with Gasteiger partial charge in [0.05, 0.1) is 16.1 Å². The fraction of sp³-hybridized carbons (Fsp3) is 0.364. The molecule has 0 fully saturated rings. The molecule has 1 aromatic rings. The lowest BCUT2D eigenvalue weighted by atomic mass is 9.96. The van der Waals surface area contributed by atoms with E-state index in [0.29, 0.717) is 0 Å². The maximum atomic E-state index is 13.0. The zero-order valence-corrected chi connectivity index (χ0v) is 9.73. The van der Waals surface area contributed by atoms with E-state index in [4.69, 9.17) is 17.3 Å². The summed E-state index contributed by atoms with van der Waals surface area (Å²) in [5, 5.41) is 0.757. The van der Waals surface area contributed by atoms with Gasteiger partial charge in [0, 0.05) is 5.22 Å². The van der Waals surface area contributed by atoms with Gasteiger partial charge in [-0.25, -0.2) is 0 Å². The van der Waals surface area contributed by atoms with E-state index in [1.165, 1.54) is 19.1 Å². The minimum Gasteiger partial charge on any atom is -0.397 e. The number of alkyl halides is 3. The smallest absolute Gasteiger partial charge is 0.397 e. The lowest BCUT2D eigenvalue weighted by Crippen LogP contribution is -2.40. The van der Waals surface area contributed by atoms with E-state index >= 15 is 0 Å². The predicted molar refractivity (Wildman–Crippen MR) is 60.2 cm³/mol. The summed E-state index contributed by atoms with van der Waals surface area (Å²) in [5.74, 6) is 0. The normalized spacial score (nSPS) is 22.9. The van der Waals surface area contributed by atoms with Crippen LogP contribution in [0.4, 0.5) is 18.9 Å². The van der Waals surface area contributed by atoms with Crippen LogP contribution >= 0.6 is 11.6 Å². The van der Waals surface area contributed by atoms with E-state index in [2.05, 4.69) is 4.99 Å². The van der Waals surface area contributed by atoms with E-state index in [1.54, 1.807) is 0 Å². The van der Waals surface area contributed by atoms with Gasteiger partial charge in [0.15, 0.2) is 5.54 Å². The van der Waals surface area contributed by atoms with Crippen molar-refractivity contribution in [3.63, 3.8) is 0 Å². The molecule has 2 nitrogen and oxygen atoms in total. The fourth-order valence-electron chi connectivity index (χ4n) is 1.86. The molecule has 0 aromatic heterocycles. The van der Waals surface area contributed by atoms with Crippen LogP contribution in [0.25, 0.3) is 6.08 Å². The molecular weight excluding hydrogens is 253 g/mol. The van der Waals surface area contributed by atoms with Gasteiger partial charge < -0.3 is 5.73 Å². The number of nitrogens with zero attached hydrogens (tertiary/aromatic N) is 1. The van der Waals surface area contributed by atoms with Crippen LogP contribution in [0.15, 0.2) is 17.1 Å². The number of nitrogens with two attached hydrogens (primary N) is 1. The Balaban J connectivity index is 2.76. The van der Waals surface area contributed by atoms with Gasteiger partial charge in [-0.1, -0.05) is 18.5 Å². The van der Waals surface area contributed by atoms with E-state index in [1.807, 2.05) is 0 Å². The van der Waals surface area contributed by atoms with Gasteiger partial charge in [-0.15, -0.1) is 0 Å². The monoisotopic (exact) mass is 262 g/mol. The zero-order chi connectivity index (χ0) is 12.8. The van der Waals surface area contributed by atoms with Gasteiger partial charge in [0.25, 0.3) is 0 Å². The Morgan fingerprint density at radius 1 is 1.41 bits per heavy atom. The highest BCUT2D eigenvalue weighted by Gasteiger charge is 2.53. The van der Waals surface area contributed by atoms with E-state index in [0.717, 1.165) is 6.08 Å². The number of anilines is 1. The SMILES string of the molecule is CCC1(C(F)(F)F)C=c2c(N)c(Cl)ccc2=N1. The fourth-order valence-corrected chi connectivity index (χ4v) is 2.03. The van der Waals surface area contributed by atoms with Gasteiger partial charge in [-0.3, -0.25) is 4.99 Å². The highest BCUT2D eigenvalue weighted by atomic mass is 35.5. The molecule has 1 aliphatic heterocycles. The van der Waals surface area contributed by atoms with E-state index in [9.17, 15) is 13.2 Å². The van der Waals surface area contributed by atoms with Crippen LogP contribution in [0.1, 0.15) is 13.3 Å². The van der Waals surface area contributed by atoms with Gasteiger partial charge in [0.1, 0.15) is 0 Å². The summed E-state index contributed by atoms with van der Waals surface area (Å²) in [5.41, 5.74) is 3.64. The number of fused-ring (bicyclic) bond motifs is 1. The number of halogens is 4. The van der Waals surface area contributed by atoms with Crippen LogP contribution < -0.4 is 16.3 Å². The quantitative estimate of drug-likeness (QED) is 0.773. The van der Waals surface area contributed by atoms with Gasteiger partial charge in [-0.2, -0.15) is 13.2 Å². The van der Waals surface area contributed by atoms with Crippen molar-refractivity contribution >= 4 is 23.4 Å². The summed E-state index contributed by atoms with van der Waals surface area (Å²) in [6.07, 6.45) is -3.54. The molecule has 0 spiro atoms. The van der Waals surface area contributed by atoms with Crippen LogP contribution in [-0.4, -0.2) is 11.7 Å².